The number of piperidine rings is 2. The van der Waals surface area contributed by atoms with Gasteiger partial charge in [-0.15, -0.1) is 0 Å². The first kappa shape index (κ1) is 27.4. The lowest BCUT2D eigenvalue weighted by Gasteiger charge is -2.37. The largest absolute Gasteiger partial charge is 0.378 e. The van der Waals surface area contributed by atoms with Gasteiger partial charge in [-0.2, -0.15) is 0 Å². The molecule has 8 heteroatoms. The summed E-state index contributed by atoms with van der Waals surface area (Å²) in [5.74, 6) is 2.04. The molecule has 1 aromatic heterocycles. The molecule has 0 saturated carbocycles. The summed E-state index contributed by atoms with van der Waals surface area (Å²) < 4.78 is 0. The first-order valence-electron chi connectivity index (χ1n) is 13.5. The van der Waals surface area contributed by atoms with E-state index in [4.69, 9.17) is 11.6 Å². The van der Waals surface area contributed by atoms with Crippen molar-refractivity contribution in [1.29, 1.82) is 0 Å². The van der Waals surface area contributed by atoms with Crippen molar-refractivity contribution in [3.05, 3.63) is 58.2 Å². The van der Waals surface area contributed by atoms with Crippen molar-refractivity contribution in [2.24, 2.45) is 11.8 Å². The summed E-state index contributed by atoms with van der Waals surface area (Å²) >= 11 is 6.25. The van der Waals surface area contributed by atoms with E-state index in [1.54, 1.807) is 13.1 Å². The lowest BCUT2D eigenvalue weighted by molar-refractivity contribution is -0.142. The number of likely N-dealkylation sites (tertiary alicyclic amines) is 1. The van der Waals surface area contributed by atoms with Crippen LogP contribution in [-0.4, -0.2) is 60.0 Å². The second-order valence-electron chi connectivity index (χ2n) is 10.7. The number of aliphatic hydroxyl groups excluding tert-OH is 1. The maximum Gasteiger partial charge on any atom is 0.256 e. The fourth-order valence-electron chi connectivity index (χ4n) is 5.57. The predicted molar refractivity (Wildman–Crippen MR) is 147 cm³/mol. The summed E-state index contributed by atoms with van der Waals surface area (Å²) in [5, 5.41) is 13.6. The molecule has 2 N–H and O–H groups in total. The summed E-state index contributed by atoms with van der Waals surface area (Å²) in [5.41, 5.74) is 2.21. The molecule has 37 heavy (non-hydrogen) atoms. The molecular formula is C29H39ClN4O3. The standard InChI is InChI=1S/C29H39ClN4O3/c1-19(2)22-5-4-6-23(18-22)26(35)29(37)34-15-11-21(12-16-34)17-20-9-13-33(14-10-20)25-8-7-24(27(30)32-25)28(36)31-3/h4-8,18-21,26,35H,9-17H2,1-3H3,(H,31,36). The molecule has 1 aromatic carbocycles. The van der Waals surface area contributed by atoms with Gasteiger partial charge < -0.3 is 20.2 Å². The van der Waals surface area contributed by atoms with Crippen molar-refractivity contribution in [3.8, 4) is 0 Å². The highest BCUT2D eigenvalue weighted by molar-refractivity contribution is 6.32. The van der Waals surface area contributed by atoms with Gasteiger partial charge in [0.2, 0.25) is 0 Å². The van der Waals surface area contributed by atoms with Gasteiger partial charge in [-0.25, -0.2) is 4.98 Å². The number of anilines is 1. The molecule has 1 unspecified atom stereocenters. The average Bonchev–Trinajstić information content (AvgIpc) is 2.92. The van der Waals surface area contributed by atoms with Crippen LogP contribution in [0.4, 0.5) is 5.82 Å². The first-order valence-corrected chi connectivity index (χ1v) is 13.8. The van der Waals surface area contributed by atoms with E-state index < -0.39 is 6.10 Å². The van der Waals surface area contributed by atoms with Crippen LogP contribution in [0.5, 0.6) is 0 Å². The Balaban J connectivity index is 1.23. The zero-order valence-electron chi connectivity index (χ0n) is 22.1. The predicted octanol–water partition coefficient (Wildman–Crippen LogP) is 4.80. The molecule has 2 saturated heterocycles. The Morgan fingerprint density at radius 1 is 1.03 bits per heavy atom. The van der Waals surface area contributed by atoms with E-state index >= 15 is 0 Å². The SMILES string of the molecule is CNC(=O)c1ccc(N2CCC(CC3CCN(C(=O)C(O)c4cccc(C(C)C)c4)CC3)CC2)nc1Cl. The topological polar surface area (TPSA) is 85.8 Å². The van der Waals surface area contributed by atoms with Gasteiger partial charge in [0.25, 0.3) is 11.8 Å². The van der Waals surface area contributed by atoms with E-state index in [-0.39, 0.29) is 17.0 Å². The normalized spacial score (nSPS) is 18.2. The van der Waals surface area contributed by atoms with Crippen LogP contribution in [-0.2, 0) is 4.79 Å². The van der Waals surface area contributed by atoms with Gasteiger partial charge >= 0.3 is 0 Å². The summed E-state index contributed by atoms with van der Waals surface area (Å²) in [7, 11) is 1.58. The molecule has 2 aliphatic rings. The van der Waals surface area contributed by atoms with Crippen LogP contribution in [0, 0.1) is 11.8 Å². The number of rotatable bonds is 7. The Hall–Kier alpha value is -2.64. The van der Waals surface area contributed by atoms with Crippen LogP contribution < -0.4 is 10.2 Å². The van der Waals surface area contributed by atoms with E-state index in [0.29, 0.717) is 42.0 Å². The summed E-state index contributed by atoms with van der Waals surface area (Å²) in [4.78, 5) is 33.4. The van der Waals surface area contributed by atoms with Crippen molar-refractivity contribution in [2.75, 3.05) is 38.1 Å². The van der Waals surface area contributed by atoms with Gasteiger partial charge in [-0.3, -0.25) is 9.59 Å². The number of aliphatic hydroxyl groups is 1. The molecule has 2 aliphatic heterocycles. The van der Waals surface area contributed by atoms with E-state index in [0.717, 1.165) is 50.2 Å². The quantitative estimate of drug-likeness (QED) is 0.506. The fourth-order valence-corrected chi connectivity index (χ4v) is 5.80. The Kier molecular flexibility index (Phi) is 9.08. The highest BCUT2D eigenvalue weighted by Crippen LogP contribution is 2.32. The van der Waals surface area contributed by atoms with Crippen molar-refractivity contribution >= 4 is 29.2 Å². The van der Waals surface area contributed by atoms with Gasteiger partial charge in [0.15, 0.2) is 6.10 Å². The molecule has 3 heterocycles. The summed E-state index contributed by atoms with van der Waals surface area (Å²) in [6.45, 7) is 7.49. The minimum Gasteiger partial charge on any atom is -0.378 e. The molecule has 0 aliphatic carbocycles. The zero-order valence-corrected chi connectivity index (χ0v) is 22.9. The molecular weight excluding hydrogens is 488 g/mol. The maximum atomic E-state index is 13.0. The van der Waals surface area contributed by atoms with Crippen LogP contribution >= 0.6 is 11.6 Å². The lowest BCUT2D eigenvalue weighted by atomic mass is 9.82. The molecule has 2 aromatic rings. The molecule has 0 spiro atoms. The molecule has 0 bridgehead atoms. The van der Waals surface area contributed by atoms with Crippen LogP contribution in [0.2, 0.25) is 5.15 Å². The minimum absolute atomic E-state index is 0.179. The number of hydrogen-bond donors (Lipinski definition) is 2. The number of hydrogen-bond acceptors (Lipinski definition) is 5. The van der Waals surface area contributed by atoms with Crippen LogP contribution in [0.3, 0.4) is 0 Å². The van der Waals surface area contributed by atoms with E-state index in [2.05, 4.69) is 29.0 Å². The molecule has 200 valence electrons. The highest BCUT2D eigenvalue weighted by atomic mass is 35.5. The molecule has 7 nitrogen and oxygen atoms in total. The number of nitrogens with zero attached hydrogens (tertiary/aromatic N) is 3. The summed E-state index contributed by atoms with van der Waals surface area (Å²) in [6, 6.07) is 11.4. The number of nitrogens with one attached hydrogen (secondary N) is 1. The number of aromatic nitrogens is 1. The molecule has 2 amide bonds. The molecule has 2 fully saturated rings. The number of carbonyl (C=O) groups excluding carboxylic acids is 2. The highest BCUT2D eigenvalue weighted by Gasteiger charge is 2.30. The maximum absolute atomic E-state index is 13.0. The Morgan fingerprint density at radius 3 is 2.24 bits per heavy atom. The van der Waals surface area contributed by atoms with E-state index in [1.165, 1.54) is 6.42 Å². The van der Waals surface area contributed by atoms with Gasteiger partial charge in [0, 0.05) is 33.2 Å². The second-order valence-corrected chi connectivity index (χ2v) is 11.1. The van der Waals surface area contributed by atoms with E-state index in [1.807, 2.05) is 35.2 Å². The van der Waals surface area contributed by atoms with E-state index in [9.17, 15) is 14.7 Å². The Morgan fingerprint density at radius 2 is 1.65 bits per heavy atom. The van der Waals surface area contributed by atoms with Crippen molar-refractivity contribution in [3.63, 3.8) is 0 Å². The first-order chi connectivity index (χ1) is 17.8. The fraction of sp³-hybridized carbons (Fsp3) is 0.552. The third-order valence-corrected chi connectivity index (χ3v) is 8.25. The third-order valence-electron chi connectivity index (χ3n) is 7.96. The van der Waals surface area contributed by atoms with Crippen molar-refractivity contribution in [2.45, 2.75) is 58.0 Å². The van der Waals surface area contributed by atoms with Crippen LogP contribution in [0.25, 0.3) is 0 Å². The Labute approximate surface area is 225 Å². The summed E-state index contributed by atoms with van der Waals surface area (Å²) in [6.07, 6.45) is 4.26. The van der Waals surface area contributed by atoms with Gasteiger partial charge in [-0.05, 0) is 73.1 Å². The zero-order chi connectivity index (χ0) is 26.5. The van der Waals surface area contributed by atoms with Crippen LogP contribution in [0.1, 0.15) is 79.5 Å². The number of pyridine rings is 1. The van der Waals surface area contributed by atoms with Crippen LogP contribution in [0.15, 0.2) is 36.4 Å². The Bertz CT molecular complexity index is 1090. The number of amides is 2. The van der Waals surface area contributed by atoms with Gasteiger partial charge in [0.05, 0.1) is 5.56 Å². The second kappa shape index (κ2) is 12.3. The average molecular weight is 527 g/mol. The third kappa shape index (κ3) is 6.63. The molecule has 4 rings (SSSR count). The van der Waals surface area contributed by atoms with Gasteiger partial charge in [-0.1, -0.05) is 49.7 Å². The lowest BCUT2D eigenvalue weighted by Crippen LogP contribution is -2.42. The van der Waals surface area contributed by atoms with Crippen molar-refractivity contribution < 1.29 is 14.7 Å². The monoisotopic (exact) mass is 526 g/mol. The molecule has 0 radical (unpaired) electrons. The smallest absolute Gasteiger partial charge is 0.256 e. The number of carbonyl (C=O) groups is 2. The number of benzene rings is 1. The van der Waals surface area contributed by atoms with Gasteiger partial charge in [0.1, 0.15) is 11.0 Å². The molecule has 1 atom stereocenters. The van der Waals surface area contributed by atoms with Crippen molar-refractivity contribution in [1.82, 2.24) is 15.2 Å². The number of halogens is 1. The minimum atomic E-state index is -1.09.